The normalized spacial score (nSPS) is 10.8. The number of carbonyl (C=O) groups excluding carboxylic acids is 1. The summed E-state index contributed by atoms with van der Waals surface area (Å²) in [5.41, 5.74) is 6.39. The summed E-state index contributed by atoms with van der Waals surface area (Å²) in [7, 11) is 3.59. The molecule has 0 fully saturated rings. The monoisotopic (exact) mass is 319 g/mol. The minimum atomic E-state index is -0.377. The Labute approximate surface area is 134 Å². The highest BCUT2D eigenvalue weighted by atomic mass is 16.5. The zero-order valence-electron chi connectivity index (χ0n) is 13.7. The van der Waals surface area contributed by atoms with Gasteiger partial charge in [0.15, 0.2) is 5.82 Å². The minimum Gasteiger partial charge on any atom is -0.368 e. The number of anilines is 2. The lowest BCUT2D eigenvalue weighted by Crippen LogP contribution is -2.25. The third kappa shape index (κ3) is 4.63. The Morgan fingerprint density at radius 1 is 1.35 bits per heavy atom. The first-order chi connectivity index (χ1) is 10.8. The molecule has 0 aliphatic carbocycles. The largest absolute Gasteiger partial charge is 0.368 e. The number of carbonyl (C=O) groups is 1. The topological polar surface area (TPSA) is 123 Å². The van der Waals surface area contributed by atoms with E-state index in [1.54, 1.807) is 25.1 Å². The molecule has 0 bridgehead atoms. The Morgan fingerprint density at radius 2 is 2.09 bits per heavy atom. The van der Waals surface area contributed by atoms with E-state index in [1.165, 1.54) is 0 Å². The van der Waals surface area contributed by atoms with Gasteiger partial charge >= 0.3 is 0 Å². The molecule has 2 aromatic rings. The molecule has 23 heavy (non-hydrogen) atoms. The second kappa shape index (κ2) is 7.03. The predicted octanol–water partition coefficient (Wildman–Crippen LogP) is 0.636. The fourth-order valence-corrected chi connectivity index (χ4v) is 1.88. The number of hydrogen-bond donors (Lipinski definition) is 2. The standard InChI is InChI=1S/C14H21N7O2/c1-8(2)5-9-6-10(23-20-9)12(22)16-7-11-17-13(15)19-14(18-11)21(3)4/h6,8H,5,7H2,1-4H3,(H,16,22)(H2,15,17,18,19). The molecule has 2 aromatic heterocycles. The molecule has 0 unspecified atom stereocenters. The van der Waals surface area contributed by atoms with Gasteiger partial charge in [-0.15, -0.1) is 0 Å². The van der Waals surface area contributed by atoms with Crippen molar-refractivity contribution < 1.29 is 9.32 Å². The van der Waals surface area contributed by atoms with E-state index in [-0.39, 0.29) is 24.2 Å². The summed E-state index contributed by atoms with van der Waals surface area (Å²) in [4.78, 5) is 26.0. The van der Waals surface area contributed by atoms with Gasteiger partial charge in [-0.1, -0.05) is 19.0 Å². The van der Waals surface area contributed by atoms with Gasteiger partial charge in [-0.05, 0) is 12.3 Å². The van der Waals surface area contributed by atoms with E-state index < -0.39 is 0 Å². The van der Waals surface area contributed by atoms with E-state index in [1.807, 2.05) is 0 Å². The van der Waals surface area contributed by atoms with Gasteiger partial charge in [0.05, 0.1) is 12.2 Å². The number of nitrogens with zero attached hydrogens (tertiary/aromatic N) is 5. The summed E-state index contributed by atoms with van der Waals surface area (Å²) in [6, 6.07) is 1.64. The Bertz CT molecular complexity index is 682. The van der Waals surface area contributed by atoms with Crippen molar-refractivity contribution in [3.63, 3.8) is 0 Å². The van der Waals surface area contributed by atoms with Crippen LogP contribution in [0.2, 0.25) is 0 Å². The third-order valence-corrected chi connectivity index (χ3v) is 2.89. The SMILES string of the molecule is CC(C)Cc1cc(C(=O)NCc2nc(N)nc(N(C)C)n2)on1. The number of rotatable bonds is 6. The van der Waals surface area contributed by atoms with Crippen LogP contribution in [0.4, 0.5) is 11.9 Å². The molecule has 0 saturated carbocycles. The van der Waals surface area contributed by atoms with Crippen LogP contribution in [0.5, 0.6) is 0 Å². The molecule has 0 spiro atoms. The smallest absolute Gasteiger partial charge is 0.290 e. The van der Waals surface area contributed by atoms with Gasteiger partial charge in [0, 0.05) is 20.2 Å². The Balaban J connectivity index is 2.00. The van der Waals surface area contributed by atoms with Gasteiger partial charge in [-0.2, -0.15) is 15.0 Å². The summed E-state index contributed by atoms with van der Waals surface area (Å²) in [6.45, 7) is 4.26. The average Bonchev–Trinajstić information content (AvgIpc) is 2.91. The zero-order chi connectivity index (χ0) is 17.0. The van der Waals surface area contributed by atoms with Crippen LogP contribution in [0.1, 0.15) is 35.9 Å². The zero-order valence-corrected chi connectivity index (χ0v) is 13.7. The molecule has 0 aliphatic rings. The van der Waals surface area contributed by atoms with Crippen molar-refractivity contribution in [2.75, 3.05) is 24.7 Å². The second-order valence-corrected chi connectivity index (χ2v) is 5.77. The molecule has 0 atom stereocenters. The molecule has 2 rings (SSSR count). The summed E-state index contributed by atoms with van der Waals surface area (Å²) >= 11 is 0. The lowest BCUT2D eigenvalue weighted by atomic mass is 10.1. The lowest BCUT2D eigenvalue weighted by Gasteiger charge is -2.11. The highest BCUT2D eigenvalue weighted by Gasteiger charge is 2.14. The summed E-state index contributed by atoms with van der Waals surface area (Å²) < 4.78 is 5.05. The van der Waals surface area contributed by atoms with Crippen molar-refractivity contribution in [1.82, 2.24) is 25.4 Å². The maximum absolute atomic E-state index is 12.1. The summed E-state index contributed by atoms with van der Waals surface area (Å²) in [6.07, 6.45) is 0.757. The Hall–Kier alpha value is -2.71. The molecule has 0 saturated heterocycles. The first kappa shape index (κ1) is 16.7. The number of hydrogen-bond acceptors (Lipinski definition) is 8. The third-order valence-electron chi connectivity index (χ3n) is 2.89. The van der Waals surface area contributed by atoms with Crippen molar-refractivity contribution >= 4 is 17.8 Å². The van der Waals surface area contributed by atoms with E-state index in [2.05, 4.69) is 39.3 Å². The van der Waals surface area contributed by atoms with Crippen molar-refractivity contribution in [1.29, 1.82) is 0 Å². The van der Waals surface area contributed by atoms with Crippen molar-refractivity contribution in [2.45, 2.75) is 26.8 Å². The predicted molar refractivity (Wildman–Crippen MR) is 84.8 cm³/mol. The van der Waals surface area contributed by atoms with E-state index in [0.717, 1.165) is 12.1 Å². The van der Waals surface area contributed by atoms with Crippen molar-refractivity contribution in [3.8, 4) is 0 Å². The molecule has 0 aliphatic heterocycles. The summed E-state index contributed by atoms with van der Waals surface area (Å²) in [5.74, 6) is 1.13. The van der Waals surface area contributed by atoms with Gasteiger partial charge in [0.25, 0.3) is 5.91 Å². The van der Waals surface area contributed by atoms with Crippen LogP contribution in [-0.2, 0) is 13.0 Å². The molecule has 0 aromatic carbocycles. The van der Waals surface area contributed by atoms with E-state index in [9.17, 15) is 4.79 Å². The van der Waals surface area contributed by atoms with E-state index >= 15 is 0 Å². The Morgan fingerprint density at radius 3 is 2.74 bits per heavy atom. The van der Waals surface area contributed by atoms with Gasteiger partial charge in [0.1, 0.15) is 0 Å². The molecule has 2 heterocycles. The maximum Gasteiger partial charge on any atom is 0.290 e. The molecular formula is C14H21N7O2. The second-order valence-electron chi connectivity index (χ2n) is 5.77. The van der Waals surface area contributed by atoms with E-state index in [0.29, 0.717) is 17.7 Å². The van der Waals surface area contributed by atoms with Gasteiger partial charge in [-0.3, -0.25) is 4.79 Å². The first-order valence-corrected chi connectivity index (χ1v) is 7.26. The molecular weight excluding hydrogens is 298 g/mol. The minimum absolute atomic E-state index is 0.104. The van der Waals surface area contributed by atoms with Crippen LogP contribution in [0.15, 0.2) is 10.6 Å². The van der Waals surface area contributed by atoms with Crippen LogP contribution in [-0.4, -0.2) is 40.1 Å². The summed E-state index contributed by atoms with van der Waals surface area (Å²) in [5, 5.41) is 6.56. The quantitative estimate of drug-likeness (QED) is 0.795. The van der Waals surface area contributed by atoms with E-state index in [4.69, 9.17) is 10.3 Å². The number of nitrogens with one attached hydrogen (secondary N) is 1. The fraction of sp³-hybridized carbons (Fsp3) is 0.500. The van der Waals surface area contributed by atoms with Gasteiger partial charge < -0.3 is 20.5 Å². The highest BCUT2D eigenvalue weighted by Crippen LogP contribution is 2.10. The Kier molecular flexibility index (Phi) is 5.09. The molecule has 124 valence electrons. The number of aromatic nitrogens is 4. The molecule has 9 heteroatoms. The van der Waals surface area contributed by atoms with Crippen molar-refractivity contribution in [2.24, 2.45) is 5.92 Å². The van der Waals surface area contributed by atoms with Crippen LogP contribution in [0.3, 0.4) is 0 Å². The maximum atomic E-state index is 12.1. The first-order valence-electron chi connectivity index (χ1n) is 7.26. The number of nitrogen functional groups attached to an aromatic ring is 1. The van der Waals surface area contributed by atoms with Crippen LogP contribution in [0.25, 0.3) is 0 Å². The molecule has 9 nitrogen and oxygen atoms in total. The number of nitrogens with two attached hydrogens (primary N) is 1. The van der Waals surface area contributed by atoms with Crippen molar-refractivity contribution in [3.05, 3.63) is 23.3 Å². The van der Waals surface area contributed by atoms with Gasteiger partial charge in [-0.25, -0.2) is 0 Å². The van der Waals surface area contributed by atoms with Crippen LogP contribution < -0.4 is 16.0 Å². The van der Waals surface area contributed by atoms with Crippen LogP contribution in [0, 0.1) is 5.92 Å². The highest BCUT2D eigenvalue weighted by molar-refractivity contribution is 5.91. The lowest BCUT2D eigenvalue weighted by molar-refractivity contribution is 0.0912. The molecule has 3 N–H and O–H groups in total. The molecule has 0 radical (unpaired) electrons. The van der Waals surface area contributed by atoms with Crippen LogP contribution >= 0.6 is 0 Å². The average molecular weight is 319 g/mol. The van der Waals surface area contributed by atoms with Gasteiger partial charge in [0.2, 0.25) is 17.7 Å². The number of amides is 1. The fourth-order valence-electron chi connectivity index (χ4n) is 1.88. The molecule has 1 amide bonds.